The maximum atomic E-state index is 4.25. The molecule has 79 heavy (non-hydrogen) atoms. The van der Waals surface area contributed by atoms with E-state index in [1.807, 2.05) is 97.2 Å². The summed E-state index contributed by atoms with van der Waals surface area (Å²) in [5.74, 6) is 0.956. The smallest absolute Gasteiger partial charge is 0.125 e. The number of nitrogens with one attached hydrogen (secondary N) is 5. The first-order valence-corrected chi connectivity index (χ1v) is 27.9. The molecule has 0 fully saturated rings. The topological polar surface area (TPSA) is 72.5 Å². The van der Waals surface area contributed by atoms with Crippen LogP contribution in [0.1, 0.15) is 68.9 Å². The van der Waals surface area contributed by atoms with E-state index in [2.05, 4.69) is 220 Å². The van der Waals surface area contributed by atoms with E-state index in [0.29, 0.717) is 0 Å². The zero-order valence-corrected chi connectivity index (χ0v) is 45.2. The van der Waals surface area contributed by atoms with Crippen molar-refractivity contribution in [2.45, 2.75) is 64.2 Å². The molecule has 8 aromatic rings. The van der Waals surface area contributed by atoms with Crippen LogP contribution in [0.2, 0.25) is 0 Å². The van der Waals surface area contributed by atoms with Crippen molar-refractivity contribution in [1.29, 1.82) is 0 Å². The van der Waals surface area contributed by atoms with E-state index >= 15 is 0 Å². The summed E-state index contributed by atoms with van der Waals surface area (Å²) in [4.78, 5) is 4.25. The van der Waals surface area contributed by atoms with Gasteiger partial charge in [0.2, 0.25) is 0 Å². The lowest BCUT2D eigenvalue weighted by molar-refractivity contribution is 0.862. The van der Waals surface area contributed by atoms with Gasteiger partial charge in [0.15, 0.2) is 0 Å². The normalized spacial score (nSPS) is 14.3. The summed E-state index contributed by atoms with van der Waals surface area (Å²) in [7, 11) is 0. The number of para-hydroxylation sites is 5. The summed E-state index contributed by atoms with van der Waals surface area (Å²) in [5.41, 5.74) is 18.8. The first-order valence-electron chi connectivity index (χ1n) is 27.9. The van der Waals surface area contributed by atoms with E-state index < -0.39 is 0 Å². The second kappa shape index (κ2) is 30.4. The Morgan fingerprint density at radius 2 is 0.810 bits per heavy atom. The van der Waals surface area contributed by atoms with Gasteiger partial charge in [0.05, 0.1) is 0 Å². The van der Waals surface area contributed by atoms with Crippen molar-refractivity contribution in [2.24, 2.45) is 4.99 Å². The third-order valence-electron chi connectivity index (χ3n) is 13.5. The van der Waals surface area contributed by atoms with Crippen LogP contribution in [-0.2, 0) is 6.42 Å². The fourth-order valence-corrected chi connectivity index (χ4v) is 9.47. The second-order valence-corrected chi connectivity index (χ2v) is 19.5. The molecule has 0 saturated heterocycles. The Morgan fingerprint density at radius 1 is 0.316 bits per heavy atom. The molecule has 6 nitrogen and oxygen atoms in total. The van der Waals surface area contributed by atoms with Crippen LogP contribution in [0.4, 0.5) is 39.8 Å². The van der Waals surface area contributed by atoms with Crippen molar-refractivity contribution in [3.8, 4) is 11.1 Å². The number of aliphatic imine (C=N–C) groups is 1. The maximum Gasteiger partial charge on any atom is 0.125 e. The standard InChI is InChI=1S/C18H15N.C16H17N.C16H15N.C12H13N.C11H12N2/c1-3-7-15(8-4-1)16-11-13-18(14-12-16)19-17-9-5-2-6-10-17;1-2-9-14(10-3-1)17-16-12-6-8-13-7-4-5-11-15(13)16;1-2-8-15(9-3-1)17-16-11-10-13-6-4-5-7-14(13)12-16;1-3-7-11(8-4-1)13-12-9-5-2-6-10-12;1-2-6-10(7-3-1)13-11-8-4-5-9-12-11/h1-14,19H;1-4,7,9-10,12,17H,5-6,8,11H2;1-3,5,7-12,17H,4,6H2;1,3-5,7-10,13H,2,6H2;1-3,6-9,13H,4-5H2. The minimum Gasteiger partial charge on any atom is -0.356 e. The van der Waals surface area contributed by atoms with Gasteiger partial charge in [-0.1, -0.05) is 182 Å². The molecule has 4 aliphatic carbocycles. The zero-order valence-electron chi connectivity index (χ0n) is 45.2. The molecule has 0 saturated carbocycles. The first kappa shape index (κ1) is 54.4. The quantitative estimate of drug-likeness (QED) is 0.0893. The molecule has 0 radical (unpaired) electrons. The fourth-order valence-electron chi connectivity index (χ4n) is 9.47. The highest BCUT2D eigenvalue weighted by Gasteiger charge is 2.16. The Kier molecular flexibility index (Phi) is 20.9. The predicted molar refractivity (Wildman–Crippen MR) is 340 cm³/mol. The molecule has 5 aliphatic rings. The molecule has 13 rings (SSSR count). The van der Waals surface area contributed by atoms with Crippen molar-refractivity contribution in [3.05, 3.63) is 313 Å². The van der Waals surface area contributed by atoms with Gasteiger partial charge in [-0.2, -0.15) is 0 Å². The number of anilines is 7. The van der Waals surface area contributed by atoms with Crippen LogP contribution in [0.5, 0.6) is 0 Å². The summed E-state index contributed by atoms with van der Waals surface area (Å²) in [6, 6.07) is 76.7. The Bertz CT molecular complexity index is 3290. The minimum atomic E-state index is 0.956. The molecule has 0 amide bonds. The van der Waals surface area contributed by atoms with Crippen LogP contribution in [0.15, 0.2) is 306 Å². The number of rotatable bonds is 11. The third-order valence-corrected chi connectivity index (χ3v) is 13.5. The fraction of sp³-hybridized carbons (Fsp3) is 0.137. The molecule has 1 heterocycles. The summed E-state index contributed by atoms with van der Waals surface area (Å²) in [6.07, 6.45) is 33.5. The lowest BCUT2D eigenvalue weighted by atomic mass is 9.88. The summed E-state index contributed by atoms with van der Waals surface area (Å²) in [6.45, 7) is 0. The maximum absolute atomic E-state index is 4.25. The van der Waals surface area contributed by atoms with Gasteiger partial charge in [-0.15, -0.1) is 0 Å². The Labute approximate surface area is 469 Å². The van der Waals surface area contributed by atoms with E-state index in [1.54, 1.807) is 0 Å². The van der Waals surface area contributed by atoms with Gasteiger partial charge in [-0.25, -0.2) is 4.99 Å². The van der Waals surface area contributed by atoms with E-state index in [1.165, 1.54) is 82.6 Å². The van der Waals surface area contributed by atoms with Gasteiger partial charge in [-0.3, -0.25) is 0 Å². The van der Waals surface area contributed by atoms with Crippen LogP contribution in [0.3, 0.4) is 0 Å². The lowest BCUT2D eigenvalue weighted by Gasteiger charge is -2.24. The highest BCUT2D eigenvalue weighted by atomic mass is 15.0. The number of nitrogens with zero attached hydrogens (tertiary/aromatic N) is 1. The molecule has 0 spiro atoms. The SMILES string of the molecule is C1=CC(Nc2ccccc2)=CCC1.C1=CC2=C(CC1)C(Nc1ccccc1)=CCC2.C1=Cc2cc(Nc3ccccc3)ccc2CC1.C1=NC(Nc2ccccc2)=CCC1.c1ccc(Nc2ccc(-c3ccccc3)cc2)cc1. The van der Waals surface area contributed by atoms with Crippen LogP contribution >= 0.6 is 0 Å². The Balaban J connectivity index is 0.000000121. The monoisotopic (exact) mass is 1030 g/mol. The number of benzene rings is 8. The van der Waals surface area contributed by atoms with Crippen molar-refractivity contribution < 1.29 is 0 Å². The van der Waals surface area contributed by atoms with Crippen molar-refractivity contribution in [3.63, 3.8) is 0 Å². The Morgan fingerprint density at radius 3 is 1.41 bits per heavy atom. The van der Waals surface area contributed by atoms with Crippen molar-refractivity contribution in [2.75, 3.05) is 26.6 Å². The molecule has 394 valence electrons. The molecule has 5 N–H and O–H groups in total. The van der Waals surface area contributed by atoms with E-state index in [4.69, 9.17) is 0 Å². The zero-order chi connectivity index (χ0) is 53.8. The van der Waals surface area contributed by atoms with E-state index in [-0.39, 0.29) is 0 Å². The number of hydrogen-bond donors (Lipinski definition) is 5. The number of aryl methyl sites for hydroxylation is 1. The molecule has 8 aromatic carbocycles. The number of hydrogen-bond acceptors (Lipinski definition) is 6. The molecule has 0 unspecified atom stereocenters. The summed E-state index contributed by atoms with van der Waals surface area (Å²) < 4.78 is 0. The largest absolute Gasteiger partial charge is 0.356 e. The molecule has 0 aromatic heterocycles. The molecule has 1 aliphatic heterocycles. The summed E-state index contributed by atoms with van der Waals surface area (Å²) >= 11 is 0. The van der Waals surface area contributed by atoms with Gasteiger partial charge in [0, 0.05) is 57.4 Å². The predicted octanol–water partition coefficient (Wildman–Crippen LogP) is 20.0. The average Bonchev–Trinajstić information content (AvgIpc) is 3.52. The number of fused-ring (bicyclic) bond motifs is 1. The van der Waals surface area contributed by atoms with Crippen molar-refractivity contribution >= 4 is 52.1 Å². The van der Waals surface area contributed by atoms with Gasteiger partial charge in [0.1, 0.15) is 5.82 Å². The van der Waals surface area contributed by atoms with Gasteiger partial charge >= 0.3 is 0 Å². The number of allylic oxidation sites excluding steroid dienone is 10. The van der Waals surface area contributed by atoms with Gasteiger partial charge < -0.3 is 26.6 Å². The molecular formula is C73H72N6. The molecule has 6 heteroatoms. The van der Waals surface area contributed by atoms with Gasteiger partial charge in [-0.05, 0) is 195 Å². The highest BCUT2D eigenvalue weighted by Crippen LogP contribution is 2.33. The second-order valence-electron chi connectivity index (χ2n) is 19.5. The van der Waals surface area contributed by atoms with E-state index in [0.717, 1.165) is 72.0 Å². The minimum absolute atomic E-state index is 0.956. The Hall–Kier alpha value is -9.39. The van der Waals surface area contributed by atoms with E-state index in [9.17, 15) is 0 Å². The highest BCUT2D eigenvalue weighted by molar-refractivity contribution is 5.69. The van der Waals surface area contributed by atoms with Gasteiger partial charge in [0.25, 0.3) is 0 Å². The van der Waals surface area contributed by atoms with Crippen LogP contribution < -0.4 is 26.6 Å². The summed E-state index contributed by atoms with van der Waals surface area (Å²) in [5, 5.41) is 17.0. The third kappa shape index (κ3) is 18.1. The van der Waals surface area contributed by atoms with Crippen LogP contribution in [0.25, 0.3) is 17.2 Å². The van der Waals surface area contributed by atoms with Crippen LogP contribution in [-0.4, -0.2) is 6.21 Å². The van der Waals surface area contributed by atoms with Crippen LogP contribution in [0, 0.1) is 0 Å². The molecule has 0 atom stereocenters. The molecule has 0 bridgehead atoms. The lowest BCUT2D eigenvalue weighted by Crippen LogP contribution is -2.10. The van der Waals surface area contributed by atoms with Crippen molar-refractivity contribution in [1.82, 2.24) is 0 Å². The molecular weight excluding hydrogens is 961 g/mol. The average molecular weight is 1030 g/mol. The first-order chi connectivity index (χ1) is 39.2.